The van der Waals surface area contributed by atoms with Crippen molar-refractivity contribution in [2.24, 2.45) is 5.92 Å². The molecular weight excluding hydrogens is 198 g/mol. The number of nitrogens with one attached hydrogen (secondary N) is 1. The number of hydrogen-bond donors (Lipinski definition) is 3. The van der Waals surface area contributed by atoms with E-state index in [1.165, 1.54) is 0 Å². The number of aliphatic hydroxyl groups excluding tert-OH is 1. The summed E-state index contributed by atoms with van der Waals surface area (Å²) in [6, 6.07) is -0.855. The number of aliphatic hydroxyl groups is 1. The molecule has 3 N–H and O–H groups in total. The van der Waals surface area contributed by atoms with E-state index in [2.05, 4.69) is 5.32 Å². The van der Waals surface area contributed by atoms with E-state index in [-0.39, 0.29) is 18.2 Å². The summed E-state index contributed by atoms with van der Waals surface area (Å²) in [5.74, 6) is -1.52. The van der Waals surface area contributed by atoms with Gasteiger partial charge < -0.3 is 15.5 Å². The SMILES string of the molecule is CC(O)CCC(=O)NC(C(=O)O)C(C)C. The fourth-order valence-electron chi connectivity index (χ4n) is 1.10. The zero-order valence-corrected chi connectivity index (χ0v) is 9.36. The van der Waals surface area contributed by atoms with Crippen molar-refractivity contribution in [3.8, 4) is 0 Å². The summed E-state index contributed by atoms with van der Waals surface area (Å²) in [6.07, 6.45) is -0.0529. The van der Waals surface area contributed by atoms with Crippen LogP contribution in [0.15, 0.2) is 0 Å². The summed E-state index contributed by atoms with van der Waals surface area (Å²) in [5, 5.41) is 20.2. The highest BCUT2D eigenvalue weighted by molar-refractivity contribution is 5.83. The molecule has 0 saturated heterocycles. The van der Waals surface area contributed by atoms with Crippen LogP contribution in [0.3, 0.4) is 0 Å². The van der Waals surface area contributed by atoms with E-state index >= 15 is 0 Å². The molecule has 0 fully saturated rings. The third kappa shape index (κ3) is 6.06. The summed E-state index contributed by atoms with van der Waals surface area (Å²) in [7, 11) is 0. The van der Waals surface area contributed by atoms with Crippen LogP contribution >= 0.6 is 0 Å². The Kier molecular flexibility index (Phi) is 5.93. The second-order valence-corrected chi connectivity index (χ2v) is 4.02. The van der Waals surface area contributed by atoms with Gasteiger partial charge in [0.15, 0.2) is 0 Å². The number of carboxylic acids is 1. The quantitative estimate of drug-likeness (QED) is 0.600. The van der Waals surface area contributed by atoms with Gasteiger partial charge >= 0.3 is 5.97 Å². The molecule has 0 aromatic carbocycles. The normalized spacial score (nSPS) is 14.7. The molecule has 1 amide bonds. The van der Waals surface area contributed by atoms with Gasteiger partial charge in [0, 0.05) is 6.42 Å². The molecule has 0 aliphatic heterocycles. The Hall–Kier alpha value is -1.10. The van der Waals surface area contributed by atoms with Gasteiger partial charge in [-0.15, -0.1) is 0 Å². The van der Waals surface area contributed by atoms with Crippen molar-refractivity contribution in [1.82, 2.24) is 5.32 Å². The first kappa shape index (κ1) is 13.9. The van der Waals surface area contributed by atoms with Crippen LogP contribution in [0.2, 0.25) is 0 Å². The maximum absolute atomic E-state index is 11.3. The zero-order chi connectivity index (χ0) is 12.0. The third-order valence-corrected chi connectivity index (χ3v) is 2.04. The monoisotopic (exact) mass is 217 g/mol. The molecule has 0 aliphatic carbocycles. The van der Waals surface area contributed by atoms with Crippen LogP contribution in [0.4, 0.5) is 0 Å². The molecule has 5 nitrogen and oxygen atoms in total. The van der Waals surface area contributed by atoms with Crippen LogP contribution in [0, 0.1) is 5.92 Å². The molecule has 0 aromatic rings. The third-order valence-electron chi connectivity index (χ3n) is 2.04. The maximum Gasteiger partial charge on any atom is 0.326 e. The molecule has 0 saturated carbocycles. The van der Waals surface area contributed by atoms with E-state index in [1.54, 1.807) is 20.8 Å². The van der Waals surface area contributed by atoms with Crippen molar-refractivity contribution in [3.63, 3.8) is 0 Å². The second kappa shape index (κ2) is 6.40. The van der Waals surface area contributed by atoms with Crippen molar-refractivity contribution < 1.29 is 19.8 Å². The fraction of sp³-hybridized carbons (Fsp3) is 0.800. The lowest BCUT2D eigenvalue weighted by molar-refractivity contribution is -0.143. The molecule has 0 aromatic heterocycles. The Morgan fingerprint density at radius 1 is 1.27 bits per heavy atom. The Morgan fingerprint density at radius 2 is 1.80 bits per heavy atom. The first-order valence-electron chi connectivity index (χ1n) is 5.04. The molecular formula is C10H19NO4. The van der Waals surface area contributed by atoms with Crippen LogP contribution in [0.25, 0.3) is 0 Å². The van der Waals surface area contributed by atoms with Crippen molar-refractivity contribution >= 4 is 11.9 Å². The molecule has 0 rings (SSSR count). The molecule has 2 unspecified atom stereocenters. The lowest BCUT2D eigenvalue weighted by Gasteiger charge is -2.17. The minimum absolute atomic E-state index is 0.147. The summed E-state index contributed by atoms with van der Waals surface area (Å²) in [6.45, 7) is 5.05. The number of carboxylic acid groups (broad SMARTS) is 1. The number of carbonyl (C=O) groups is 2. The van der Waals surface area contributed by atoms with Gasteiger partial charge in [-0.25, -0.2) is 4.79 Å². The van der Waals surface area contributed by atoms with E-state index in [0.717, 1.165) is 0 Å². The molecule has 5 heteroatoms. The van der Waals surface area contributed by atoms with E-state index < -0.39 is 18.1 Å². The maximum atomic E-state index is 11.3. The lowest BCUT2D eigenvalue weighted by atomic mass is 10.0. The van der Waals surface area contributed by atoms with Crippen LogP contribution in [0.5, 0.6) is 0 Å². The predicted molar refractivity (Wildman–Crippen MR) is 55.3 cm³/mol. The first-order valence-corrected chi connectivity index (χ1v) is 5.04. The van der Waals surface area contributed by atoms with Crippen LogP contribution in [-0.2, 0) is 9.59 Å². The van der Waals surface area contributed by atoms with Crippen LogP contribution < -0.4 is 5.32 Å². The molecule has 0 radical (unpaired) electrons. The van der Waals surface area contributed by atoms with Crippen LogP contribution in [0.1, 0.15) is 33.6 Å². The topological polar surface area (TPSA) is 86.6 Å². The summed E-state index contributed by atoms with van der Waals surface area (Å²) in [4.78, 5) is 22.0. The fourth-order valence-corrected chi connectivity index (χ4v) is 1.10. The van der Waals surface area contributed by atoms with Gasteiger partial charge in [-0.1, -0.05) is 13.8 Å². The predicted octanol–water partition coefficient (Wildman–Crippen LogP) is 0.373. The van der Waals surface area contributed by atoms with Gasteiger partial charge in [0.1, 0.15) is 6.04 Å². The molecule has 0 heterocycles. The second-order valence-electron chi connectivity index (χ2n) is 4.02. The van der Waals surface area contributed by atoms with E-state index in [0.29, 0.717) is 6.42 Å². The van der Waals surface area contributed by atoms with Gasteiger partial charge in [0.25, 0.3) is 0 Å². The molecule has 2 atom stereocenters. The molecule has 0 spiro atoms. The minimum atomic E-state index is -1.03. The standard InChI is InChI=1S/C10H19NO4/c1-6(2)9(10(14)15)11-8(13)5-4-7(3)12/h6-7,9,12H,4-5H2,1-3H3,(H,11,13)(H,14,15). The number of rotatable bonds is 6. The Labute approximate surface area is 89.5 Å². The largest absolute Gasteiger partial charge is 0.480 e. The highest BCUT2D eigenvalue weighted by Gasteiger charge is 2.23. The average molecular weight is 217 g/mol. The van der Waals surface area contributed by atoms with Gasteiger partial charge in [-0.3, -0.25) is 4.79 Å². The Balaban J connectivity index is 4.07. The van der Waals surface area contributed by atoms with Crippen molar-refractivity contribution in [2.75, 3.05) is 0 Å². The highest BCUT2D eigenvalue weighted by atomic mass is 16.4. The zero-order valence-electron chi connectivity index (χ0n) is 9.36. The molecule has 0 aliphatic rings. The smallest absolute Gasteiger partial charge is 0.326 e. The van der Waals surface area contributed by atoms with Crippen molar-refractivity contribution in [2.45, 2.75) is 45.8 Å². The van der Waals surface area contributed by atoms with Crippen molar-refractivity contribution in [1.29, 1.82) is 0 Å². The Morgan fingerprint density at radius 3 is 2.13 bits per heavy atom. The average Bonchev–Trinajstić information content (AvgIpc) is 2.09. The van der Waals surface area contributed by atoms with Crippen molar-refractivity contribution in [3.05, 3.63) is 0 Å². The van der Waals surface area contributed by atoms with Gasteiger partial charge in [-0.05, 0) is 19.3 Å². The minimum Gasteiger partial charge on any atom is -0.480 e. The van der Waals surface area contributed by atoms with E-state index in [1.807, 2.05) is 0 Å². The number of hydrogen-bond acceptors (Lipinski definition) is 3. The summed E-state index contributed by atoms with van der Waals surface area (Å²) < 4.78 is 0. The Bertz CT molecular complexity index is 225. The van der Waals surface area contributed by atoms with E-state index in [4.69, 9.17) is 10.2 Å². The first-order chi connectivity index (χ1) is 6.84. The molecule has 15 heavy (non-hydrogen) atoms. The number of aliphatic carboxylic acids is 1. The summed E-state index contributed by atoms with van der Waals surface area (Å²) >= 11 is 0. The van der Waals surface area contributed by atoms with Gasteiger partial charge in [-0.2, -0.15) is 0 Å². The highest BCUT2D eigenvalue weighted by Crippen LogP contribution is 2.03. The number of carbonyl (C=O) groups excluding carboxylic acids is 1. The molecule has 88 valence electrons. The van der Waals surface area contributed by atoms with Gasteiger partial charge in [0.05, 0.1) is 6.10 Å². The summed E-state index contributed by atoms with van der Waals surface area (Å²) in [5.41, 5.74) is 0. The number of amides is 1. The molecule has 0 bridgehead atoms. The van der Waals surface area contributed by atoms with Crippen LogP contribution in [-0.4, -0.2) is 34.2 Å². The van der Waals surface area contributed by atoms with E-state index in [9.17, 15) is 9.59 Å². The lowest BCUT2D eigenvalue weighted by Crippen LogP contribution is -2.44. The van der Waals surface area contributed by atoms with Gasteiger partial charge in [0.2, 0.25) is 5.91 Å².